The van der Waals surface area contributed by atoms with Gasteiger partial charge in [-0.2, -0.15) is 39.5 Å². The molecule has 0 N–H and O–H groups in total. The summed E-state index contributed by atoms with van der Waals surface area (Å²) in [5, 5.41) is 0. The van der Waals surface area contributed by atoms with Crippen LogP contribution >= 0.6 is 0 Å². The maximum atomic E-state index is 14.4. The van der Waals surface area contributed by atoms with Gasteiger partial charge in [0.2, 0.25) is 0 Å². The molecule has 1 nitrogen and oxygen atoms in total. The number of rotatable bonds is 6. The van der Waals surface area contributed by atoms with Crippen LogP contribution in [0.1, 0.15) is 42.3 Å². The van der Waals surface area contributed by atoms with Crippen molar-refractivity contribution < 1.29 is 48.7 Å². The fourth-order valence-electron chi connectivity index (χ4n) is 2.85. The molecule has 0 aliphatic carbocycles. The largest absolute Gasteiger partial charge is 0.460 e. The fraction of sp³-hybridized carbons (Fsp3) is 0.348. The summed E-state index contributed by atoms with van der Waals surface area (Å²) in [6.45, 7) is 5.32. The molecule has 2 aromatic rings. The van der Waals surface area contributed by atoms with Crippen LogP contribution in [-0.4, -0.2) is 29.7 Å². The van der Waals surface area contributed by atoms with Crippen molar-refractivity contribution in [3.63, 3.8) is 0 Å². The van der Waals surface area contributed by atoms with E-state index in [1.807, 2.05) is 0 Å². The van der Waals surface area contributed by atoms with Crippen molar-refractivity contribution in [1.29, 1.82) is 0 Å². The normalized spacial score (nSPS) is 14.3. The van der Waals surface area contributed by atoms with E-state index in [9.17, 15) is 48.7 Å². The number of hydrogen-bond donors (Lipinski definition) is 0. The molecule has 0 aliphatic rings. The van der Waals surface area contributed by atoms with Crippen LogP contribution in [0.3, 0.4) is 0 Å². The second-order valence-corrected chi connectivity index (χ2v) is 8.49. The Morgan fingerprint density at radius 2 is 1.12 bits per heavy atom. The molecule has 0 spiro atoms. The molecular formula is C23H18F10O. The Kier molecular flexibility index (Phi) is 7.04. The highest BCUT2D eigenvalue weighted by molar-refractivity contribution is 6.29. The molecule has 0 aromatic heterocycles. The monoisotopic (exact) mass is 500 g/mol. The summed E-state index contributed by atoms with van der Waals surface area (Å²) in [5.41, 5.74) is -2.06. The molecule has 2 aromatic carbocycles. The highest BCUT2D eigenvalue weighted by Crippen LogP contribution is 2.54. The van der Waals surface area contributed by atoms with Crippen LogP contribution in [0, 0.1) is 5.82 Å². The van der Waals surface area contributed by atoms with E-state index in [-0.39, 0.29) is 0 Å². The Morgan fingerprint density at radius 3 is 1.53 bits per heavy atom. The first-order valence-electron chi connectivity index (χ1n) is 9.56. The minimum atomic E-state index is -7.11. The average molecular weight is 500 g/mol. The number of carbonyl (C=O) groups is 1. The molecule has 0 bridgehead atoms. The number of alkyl halides is 9. The lowest BCUT2D eigenvalue weighted by molar-refractivity contribution is -0.388. The lowest BCUT2D eigenvalue weighted by atomic mass is 9.85. The van der Waals surface area contributed by atoms with E-state index in [0.29, 0.717) is 5.56 Å². The summed E-state index contributed by atoms with van der Waals surface area (Å²) >= 11 is 0. The van der Waals surface area contributed by atoms with E-state index in [2.05, 4.69) is 0 Å². The molecule has 0 heterocycles. The number of allylic oxidation sites excluding steroid dienone is 2. The molecule has 2 rings (SSSR count). The molecule has 0 atom stereocenters. The molecule has 34 heavy (non-hydrogen) atoms. The average Bonchev–Trinajstić information content (AvgIpc) is 2.70. The van der Waals surface area contributed by atoms with Gasteiger partial charge in [0.25, 0.3) is 0 Å². The first kappa shape index (κ1) is 27.4. The summed E-state index contributed by atoms with van der Waals surface area (Å²) in [4.78, 5) is 12.8. The number of carbonyl (C=O) groups excluding carboxylic acids is 1. The summed E-state index contributed by atoms with van der Waals surface area (Å²) in [6, 6.07) is 7.94. The second-order valence-electron chi connectivity index (χ2n) is 8.49. The third-order valence-corrected chi connectivity index (χ3v) is 4.91. The van der Waals surface area contributed by atoms with Crippen molar-refractivity contribution in [2.75, 3.05) is 0 Å². The van der Waals surface area contributed by atoms with Gasteiger partial charge in [0.15, 0.2) is 5.78 Å². The number of ketones is 1. The fourth-order valence-corrected chi connectivity index (χ4v) is 2.85. The Hall–Kier alpha value is -2.85. The molecule has 0 saturated carbocycles. The van der Waals surface area contributed by atoms with Gasteiger partial charge in [0.05, 0.1) is 0 Å². The van der Waals surface area contributed by atoms with Crippen LogP contribution in [0.25, 0.3) is 5.57 Å². The van der Waals surface area contributed by atoms with Crippen molar-refractivity contribution in [2.24, 2.45) is 0 Å². The summed E-state index contributed by atoms with van der Waals surface area (Å²) in [7, 11) is 0. The highest BCUT2D eigenvalue weighted by Gasteiger charge is 2.81. The van der Waals surface area contributed by atoms with Gasteiger partial charge >= 0.3 is 23.9 Å². The zero-order valence-electron chi connectivity index (χ0n) is 17.9. The predicted molar refractivity (Wildman–Crippen MR) is 105 cm³/mol. The van der Waals surface area contributed by atoms with Crippen LogP contribution in [0.4, 0.5) is 43.9 Å². The van der Waals surface area contributed by atoms with Gasteiger partial charge in [0, 0.05) is 17.2 Å². The van der Waals surface area contributed by atoms with E-state index in [4.69, 9.17) is 0 Å². The van der Waals surface area contributed by atoms with E-state index in [0.717, 1.165) is 36.4 Å². The van der Waals surface area contributed by atoms with Gasteiger partial charge in [-0.3, -0.25) is 4.79 Å². The SMILES string of the molecule is CC(C)(C)c1ccc(/C(=C\C(F)(F)C(F)(F)C(F)(F)C(F)(F)F)C(=O)c2ccc(F)cc2)cc1. The molecule has 0 aliphatic heterocycles. The molecule has 186 valence electrons. The molecule has 0 fully saturated rings. The second kappa shape index (κ2) is 8.74. The smallest absolute Gasteiger partial charge is 0.289 e. The van der Waals surface area contributed by atoms with E-state index in [1.54, 1.807) is 20.8 Å². The summed E-state index contributed by atoms with van der Waals surface area (Å²) < 4.78 is 134. The zero-order chi connectivity index (χ0) is 26.3. The summed E-state index contributed by atoms with van der Waals surface area (Å²) in [5.74, 6) is -22.4. The third kappa shape index (κ3) is 5.12. The first-order valence-corrected chi connectivity index (χ1v) is 9.56. The highest BCUT2D eigenvalue weighted by atomic mass is 19.4. The van der Waals surface area contributed by atoms with Gasteiger partial charge in [-0.05, 0) is 40.8 Å². The third-order valence-electron chi connectivity index (χ3n) is 4.91. The number of halogens is 10. The van der Waals surface area contributed by atoms with Crippen molar-refractivity contribution in [3.8, 4) is 0 Å². The van der Waals surface area contributed by atoms with Crippen molar-refractivity contribution in [1.82, 2.24) is 0 Å². The van der Waals surface area contributed by atoms with Gasteiger partial charge in [-0.1, -0.05) is 45.0 Å². The quantitative estimate of drug-likeness (QED) is 0.224. The van der Waals surface area contributed by atoms with Gasteiger partial charge in [-0.25, -0.2) is 4.39 Å². The van der Waals surface area contributed by atoms with Crippen LogP contribution in [0.2, 0.25) is 0 Å². The predicted octanol–water partition coefficient (Wildman–Crippen LogP) is 7.86. The summed E-state index contributed by atoms with van der Waals surface area (Å²) in [6.07, 6.45) is -7.91. The molecular weight excluding hydrogens is 482 g/mol. The Morgan fingerprint density at radius 1 is 0.676 bits per heavy atom. The van der Waals surface area contributed by atoms with Crippen molar-refractivity contribution in [2.45, 2.75) is 50.1 Å². The van der Waals surface area contributed by atoms with Crippen LogP contribution in [-0.2, 0) is 5.41 Å². The van der Waals surface area contributed by atoms with Crippen LogP contribution in [0.15, 0.2) is 54.6 Å². The minimum Gasteiger partial charge on any atom is -0.289 e. The maximum absolute atomic E-state index is 14.4. The van der Waals surface area contributed by atoms with Crippen molar-refractivity contribution >= 4 is 11.4 Å². The number of hydrogen-bond acceptors (Lipinski definition) is 1. The Balaban J connectivity index is 2.72. The standard InChI is InChI=1S/C23H18F10O/c1-19(2,3)15-8-4-13(5-9-15)17(18(34)14-6-10-16(24)11-7-14)12-20(25,26)21(27,28)22(29,30)23(31,32)33/h4-12H,1-3H3/b17-12+. The van der Waals surface area contributed by atoms with Gasteiger partial charge in [-0.15, -0.1) is 0 Å². The Bertz CT molecular complexity index is 1060. The van der Waals surface area contributed by atoms with Crippen molar-refractivity contribution in [3.05, 3.63) is 77.1 Å². The number of Topliss-reactive ketones (excluding diaryl/α,β-unsaturated/α-hetero) is 1. The van der Waals surface area contributed by atoms with E-state index < -0.39 is 63.7 Å². The van der Waals surface area contributed by atoms with Crippen LogP contribution < -0.4 is 0 Å². The van der Waals surface area contributed by atoms with E-state index >= 15 is 0 Å². The lowest BCUT2D eigenvalue weighted by Gasteiger charge is -2.32. The van der Waals surface area contributed by atoms with Gasteiger partial charge in [0.1, 0.15) is 5.82 Å². The van der Waals surface area contributed by atoms with Gasteiger partial charge < -0.3 is 0 Å². The molecule has 11 heteroatoms. The molecule has 0 amide bonds. The maximum Gasteiger partial charge on any atom is 0.460 e. The Labute approximate surface area is 188 Å². The van der Waals surface area contributed by atoms with E-state index in [1.165, 1.54) is 12.1 Å². The van der Waals surface area contributed by atoms with Crippen LogP contribution in [0.5, 0.6) is 0 Å². The molecule has 0 radical (unpaired) electrons. The molecule has 0 saturated heterocycles. The minimum absolute atomic E-state index is 0.451. The number of benzene rings is 2. The lowest BCUT2D eigenvalue weighted by Crippen LogP contribution is -2.60. The first-order chi connectivity index (χ1) is 15.2. The molecule has 0 unspecified atom stereocenters. The topological polar surface area (TPSA) is 17.1 Å². The zero-order valence-corrected chi connectivity index (χ0v) is 17.9.